The van der Waals surface area contributed by atoms with Crippen molar-refractivity contribution in [3.05, 3.63) is 28.8 Å². The lowest BCUT2D eigenvalue weighted by atomic mass is 10.2. The maximum absolute atomic E-state index is 11.8. The molecular formula is C10H15ClN2O2S. The summed E-state index contributed by atoms with van der Waals surface area (Å²) in [4.78, 5) is 0.200. The van der Waals surface area contributed by atoms with Crippen LogP contribution in [0.2, 0.25) is 5.02 Å². The molecule has 1 aromatic carbocycles. The van der Waals surface area contributed by atoms with E-state index in [-0.39, 0.29) is 11.4 Å². The Morgan fingerprint density at radius 2 is 2.12 bits per heavy atom. The summed E-state index contributed by atoms with van der Waals surface area (Å²) in [5.41, 5.74) is 6.09. The van der Waals surface area contributed by atoms with Gasteiger partial charge >= 0.3 is 0 Å². The van der Waals surface area contributed by atoms with Crippen molar-refractivity contribution < 1.29 is 8.42 Å². The number of rotatable bonds is 5. The van der Waals surface area contributed by atoms with Crippen molar-refractivity contribution in [2.24, 2.45) is 5.73 Å². The number of hydrogen-bond donors (Lipinski definition) is 2. The molecule has 0 spiro atoms. The van der Waals surface area contributed by atoms with E-state index in [0.29, 0.717) is 17.1 Å². The fraction of sp³-hybridized carbons (Fsp3) is 0.400. The predicted octanol–water partition coefficient (Wildman–Crippen LogP) is 1.49. The van der Waals surface area contributed by atoms with Crippen LogP contribution in [0.4, 0.5) is 0 Å². The fourth-order valence-corrected chi connectivity index (χ4v) is 2.57. The maximum Gasteiger partial charge on any atom is 0.240 e. The molecular weight excluding hydrogens is 248 g/mol. The zero-order chi connectivity index (χ0) is 12.2. The molecule has 0 saturated carbocycles. The van der Waals surface area contributed by atoms with E-state index in [1.54, 1.807) is 6.07 Å². The van der Waals surface area contributed by atoms with Crippen LogP contribution in [0.1, 0.15) is 18.9 Å². The molecule has 0 saturated heterocycles. The highest BCUT2D eigenvalue weighted by atomic mass is 35.5. The van der Waals surface area contributed by atoms with Crippen LogP contribution < -0.4 is 10.5 Å². The van der Waals surface area contributed by atoms with Crippen LogP contribution in [0.15, 0.2) is 23.1 Å². The van der Waals surface area contributed by atoms with Gasteiger partial charge in [0.15, 0.2) is 0 Å². The lowest BCUT2D eigenvalue weighted by Crippen LogP contribution is -2.24. The minimum absolute atomic E-state index is 0.200. The molecule has 0 amide bonds. The van der Waals surface area contributed by atoms with Gasteiger partial charge in [0.2, 0.25) is 10.0 Å². The Labute approximate surface area is 101 Å². The SMILES string of the molecule is CCCNS(=O)(=O)c1ccc(Cl)c(CN)c1. The van der Waals surface area contributed by atoms with Gasteiger partial charge in [0.25, 0.3) is 0 Å². The summed E-state index contributed by atoms with van der Waals surface area (Å²) in [6.45, 7) is 2.54. The maximum atomic E-state index is 11.8. The molecule has 0 aliphatic carbocycles. The first-order chi connectivity index (χ1) is 7.51. The molecule has 0 radical (unpaired) electrons. The van der Waals surface area contributed by atoms with Crippen LogP contribution in [-0.4, -0.2) is 15.0 Å². The molecule has 1 aromatic rings. The zero-order valence-corrected chi connectivity index (χ0v) is 10.6. The van der Waals surface area contributed by atoms with Crippen molar-refractivity contribution in [2.75, 3.05) is 6.54 Å². The summed E-state index contributed by atoms with van der Waals surface area (Å²) in [5, 5.41) is 0.483. The van der Waals surface area contributed by atoms with Crippen LogP contribution >= 0.6 is 11.6 Å². The standard InChI is InChI=1S/C10H15ClN2O2S/c1-2-5-13-16(14,15)9-3-4-10(11)8(6-9)7-12/h3-4,6,13H,2,5,7,12H2,1H3. The zero-order valence-electron chi connectivity index (χ0n) is 9.03. The minimum atomic E-state index is -3.44. The highest BCUT2D eigenvalue weighted by Gasteiger charge is 2.14. The van der Waals surface area contributed by atoms with E-state index in [4.69, 9.17) is 17.3 Å². The Balaban J connectivity index is 3.04. The molecule has 0 heterocycles. The van der Waals surface area contributed by atoms with Crippen molar-refractivity contribution >= 4 is 21.6 Å². The average molecular weight is 263 g/mol. The smallest absolute Gasteiger partial charge is 0.240 e. The largest absolute Gasteiger partial charge is 0.326 e. The summed E-state index contributed by atoms with van der Waals surface area (Å²) in [6, 6.07) is 4.52. The van der Waals surface area contributed by atoms with E-state index < -0.39 is 10.0 Å². The Morgan fingerprint density at radius 3 is 2.69 bits per heavy atom. The summed E-state index contributed by atoms with van der Waals surface area (Å²) < 4.78 is 26.0. The first-order valence-electron chi connectivity index (χ1n) is 4.99. The van der Waals surface area contributed by atoms with Gasteiger partial charge in [-0.3, -0.25) is 0 Å². The van der Waals surface area contributed by atoms with Gasteiger partial charge in [0.05, 0.1) is 4.90 Å². The van der Waals surface area contributed by atoms with E-state index in [2.05, 4.69) is 4.72 Å². The van der Waals surface area contributed by atoms with Gasteiger partial charge in [0, 0.05) is 18.1 Å². The third-order valence-electron chi connectivity index (χ3n) is 2.09. The molecule has 0 unspecified atom stereocenters. The monoisotopic (exact) mass is 262 g/mol. The lowest BCUT2D eigenvalue weighted by Gasteiger charge is -2.08. The molecule has 3 N–H and O–H groups in total. The van der Waals surface area contributed by atoms with Crippen LogP contribution in [0.25, 0.3) is 0 Å². The Morgan fingerprint density at radius 1 is 1.44 bits per heavy atom. The quantitative estimate of drug-likeness (QED) is 0.844. The number of hydrogen-bond acceptors (Lipinski definition) is 3. The summed E-state index contributed by atoms with van der Waals surface area (Å²) >= 11 is 5.86. The number of nitrogens with one attached hydrogen (secondary N) is 1. The number of sulfonamides is 1. The van der Waals surface area contributed by atoms with E-state index in [9.17, 15) is 8.42 Å². The van der Waals surface area contributed by atoms with Gasteiger partial charge < -0.3 is 5.73 Å². The molecule has 0 aliphatic heterocycles. The molecule has 0 atom stereocenters. The summed E-state index contributed by atoms with van der Waals surface area (Å²) in [7, 11) is -3.44. The van der Waals surface area contributed by atoms with E-state index in [0.717, 1.165) is 6.42 Å². The Hall–Kier alpha value is -0.620. The first kappa shape index (κ1) is 13.4. The molecule has 1 rings (SSSR count). The minimum Gasteiger partial charge on any atom is -0.326 e. The van der Waals surface area contributed by atoms with E-state index in [1.807, 2.05) is 6.92 Å². The van der Waals surface area contributed by atoms with Crippen molar-refractivity contribution in [1.29, 1.82) is 0 Å². The lowest BCUT2D eigenvalue weighted by molar-refractivity contribution is 0.580. The van der Waals surface area contributed by atoms with Crippen molar-refractivity contribution in [3.63, 3.8) is 0 Å². The van der Waals surface area contributed by atoms with E-state index >= 15 is 0 Å². The topological polar surface area (TPSA) is 72.2 Å². The van der Waals surface area contributed by atoms with Crippen LogP contribution in [-0.2, 0) is 16.6 Å². The second kappa shape index (κ2) is 5.63. The van der Waals surface area contributed by atoms with Crippen LogP contribution in [0, 0.1) is 0 Å². The summed E-state index contributed by atoms with van der Waals surface area (Å²) in [6.07, 6.45) is 0.747. The molecule has 16 heavy (non-hydrogen) atoms. The third-order valence-corrected chi connectivity index (χ3v) is 3.92. The highest BCUT2D eigenvalue weighted by Crippen LogP contribution is 2.19. The fourth-order valence-electron chi connectivity index (χ4n) is 1.19. The molecule has 0 bridgehead atoms. The number of benzene rings is 1. The van der Waals surface area contributed by atoms with Gasteiger partial charge in [0.1, 0.15) is 0 Å². The predicted molar refractivity (Wildman–Crippen MR) is 64.8 cm³/mol. The second-order valence-electron chi connectivity index (χ2n) is 3.36. The van der Waals surface area contributed by atoms with E-state index in [1.165, 1.54) is 12.1 Å². The van der Waals surface area contributed by atoms with Crippen molar-refractivity contribution in [1.82, 2.24) is 4.72 Å². The van der Waals surface area contributed by atoms with Gasteiger partial charge in [-0.25, -0.2) is 13.1 Å². The molecule has 6 heteroatoms. The highest BCUT2D eigenvalue weighted by molar-refractivity contribution is 7.89. The van der Waals surface area contributed by atoms with Gasteiger partial charge in [-0.05, 0) is 30.2 Å². The molecule has 0 aliphatic rings. The summed E-state index contributed by atoms with van der Waals surface area (Å²) in [5.74, 6) is 0. The average Bonchev–Trinajstić information content (AvgIpc) is 2.27. The third kappa shape index (κ3) is 3.18. The molecule has 0 aromatic heterocycles. The van der Waals surface area contributed by atoms with Crippen molar-refractivity contribution in [3.8, 4) is 0 Å². The van der Waals surface area contributed by atoms with Gasteiger partial charge in [-0.2, -0.15) is 0 Å². The number of halogens is 1. The van der Waals surface area contributed by atoms with Gasteiger partial charge in [-0.15, -0.1) is 0 Å². The molecule has 4 nitrogen and oxygen atoms in total. The molecule has 0 fully saturated rings. The second-order valence-corrected chi connectivity index (χ2v) is 5.53. The Kier molecular flexibility index (Phi) is 4.73. The normalized spacial score (nSPS) is 11.7. The molecule has 90 valence electrons. The van der Waals surface area contributed by atoms with Crippen LogP contribution in [0.3, 0.4) is 0 Å². The van der Waals surface area contributed by atoms with Crippen molar-refractivity contribution in [2.45, 2.75) is 24.8 Å². The van der Waals surface area contributed by atoms with Crippen LogP contribution in [0.5, 0.6) is 0 Å². The Bertz CT molecular complexity index is 460. The first-order valence-corrected chi connectivity index (χ1v) is 6.85. The number of nitrogens with two attached hydrogens (primary N) is 1. The van der Waals surface area contributed by atoms with Gasteiger partial charge in [-0.1, -0.05) is 18.5 Å².